The van der Waals surface area contributed by atoms with Gasteiger partial charge < -0.3 is 15.4 Å². The van der Waals surface area contributed by atoms with Crippen molar-refractivity contribution in [1.29, 1.82) is 0 Å². The number of ether oxygens (including phenoxy) is 1. The Bertz CT molecular complexity index is 976. The fraction of sp³-hybridized carbons (Fsp3) is 0.421. The van der Waals surface area contributed by atoms with Crippen LogP contribution in [0.2, 0.25) is 0 Å². The zero-order valence-corrected chi connectivity index (χ0v) is 17.6. The molecule has 3 aromatic rings. The molecule has 0 aliphatic carbocycles. The van der Waals surface area contributed by atoms with Crippen LogP contribution in [0.4, 0.5) is 5.82 Å². The molecule has 1 amide bonds. The highest BCUT2D eigenvalue weighted by Gasteiger charge is 2.15. The SMILES string of the molecule is CCCNc1nc(SC)nc2c1cnn2CCNC(=O)c1cccnc1OCC. The smallest absolute Gasteiger partial charge is 0.256 e. The topological polar surface area (TPSA) is 107 Å². The maximum Gasteiger partial charge on any atom is 0.256 e. The molecule has 0 bridgehead atoms. The van der Waals surface area contributed by atoms with Gasteiger partial charge in [0.05, 0.1) is 24.7 Å². The second kappa shape index (κ2) is 10.1. The predicted octanol–water partition coefficient (Wildman–Crippen LogP) is 2.59. The van der Waals surface area contributed by atoms with Crippen LogP contribution in [0.1, 0.15) is 30.6 Å². The van der Waals surface area contributed by atoms with E-state index in [0.29, 0.717) is 36.3 Å². The van der Waals surface area contributed by atoms with E-state index in [9.17, 15) is 4.79 Å². The third-order valence-electron chi connectivity index (χ3n) is 4.11. The number of nitrogens with one attached hydrogen (secondary N) is 2. The summed E-state index contributed by atoms with van der Waals surface area (Å²) < 4.78 is 7.20. The van der Waals surface area contributed by atoms with Gasteiger partial charge in [0, 0.05) is 19.3 Å². The minimum Gasteiger partial charge on any atom is -0.477 e. The number of hydrogen-bond donors (Lipinski definition) is 2. The van der Waals surface area contributed by atoms with Gasteiger partial charge in [0.15, 0.2) is 10.8 Å². The monoisotopic (exact) mass is 415 g/mol. The van der Waals surface area contributed by atoms with Crippen LogP contribution in [-0.4, -0.2) is 56.6 Å². The summed E-state index contributed by atoms with van der Waals surface area (Å²) in [6.07, 6.45) is 6.30. The molecule has 3 aromatic heterocycles. The van der Waals surface area contributed by atoms with Crippen molar-refractivity contribution in [3.05, 3.63) is 30.1 Å². The van der Waals surface area contributed by atoms with Gasteiger partial charge >= 0.3 is 0 Å². The van der Waals surface area contributed by atoms with Crippen molar-refractivity contribution in [2.24, 2.45) is 0 Å². The summed E-state index contributed by atoms with van der Waals surface area (Å²) in [5.74, 6) is 0.886. The van der Waals surface area contributed by atoms with Gasteiger partial charge in [-0.15, -0.1) is 0 Å². The van der Waals surface area contributed by atoms with Crippen LogP contribution in [0.3, 0.4) is 0 Å². The lowest BCUT2D eigenvalue weighted by Gasteiger charge is -2.10. The standard InChI is InChI=1S/C19H25N7O2S/c1-4-8-20-15-14-12-23-26(16(14)25-19(24-15)29-3)11-10-21-17(27)13-7-6-9-22-18(13)28-5-2/h6-7,9,12H,4-5,8,10-11H2,1-3H3,(H,21,27)(H,20,24,25). The number of carbonyl (C=O) groups is 1. The lowest BCUT2D eigenvalue weighted by Crippen LogP contribution is -2.28. The molecule has 29 heavy (non-hydrogen) atoms. The van der Waals surface area contributed by atoms with E-state index < -0.39 is 0 Å². The zero-order valence-electron chi connectivity index (χ0n) is 16.8. The summed E-state index contributed by atoms with van der Waals surface area (Å²) in [5.41, 5.74) is 1.16. The summed E-state index contributed by atoms with van der Waals surface area (Å²) in [6, 6.07) is 3.41. The highest BCUT2D eigenvalue weighted by Crippen LogP contribution is 2.23. The maximum absolute atomic E-state index is 12.5. The first-order chi connectivity index (χ1) is 14.2. The van der Waals surface area contributed by atoms with Gasteiger partial charge in [-0.25, -0.2) is 19.6 Å². The molecule has 0 saturated heterocycles. The highest BCUT2D eigenvalue weighted by molar-refractivity contribution is 7.98. The zero-order chi connectivity index (χ0) is 20.6. The number of anilines is 1. The molecular formula is C19H25N7O2S. The van der Waals surface area contributed by atoms with E-state index in [1.807, 2.05) is 13.2 Å². The van der Waals surface area contributed by atoms with Crippen molar-refractivity contribution in [2.45, 2.75) is 32.0 Å². The molecule has 154 valence electrons. The van der Waals surface area contributed by atoms with Crippen LogP contribution >= 0.6 is 11.8 Å². The number of carbonyl (C=O) groups excluding carboxylic acids is 1. The molecule has 0 aliphatic heterocycles. The molecule has 3 rings (SSSR count). The normalized spacial score (nSPS) is 10.9. The molecule has 2 N–H and O–H groups in total. The number of hydrogen-bond acceptors (Lipinski definition) is 8. The lowest BCUT2D eigenvalue weighted by atomic mass is 10.2. The molecule has 0 spiro atoms. The molecule has 0 aliphatic rings. The van der Waals surface area contributed by atoms with Gasteiger partial charge in [-0.3, -0.25) is 4.79 Å². The molecule has 0 saturated carbocycles. The van der Waals surface area contributed by atoms with Gasteiger partial charge in [-0.05, 0) is 31.7 Å². The number of thioether (sulfide) groups is 1. The molecule has 0 atom stereocenters. The minimum atomic E-state index is -0.234. The van der Waals surface area contributed by atoms with Crippen molar-refractivity contribution in [3.63, 3.8) is 0 Å². The quantitative estimate of drug-likeness (QED) is 0.384. The van der Waals surface area contributed by atoms with Crippen LogP contribution in [0.5, 0.6) is 5.88 Å². The Kier molecular flexibility index (Phi) is 7.23. The summed E-state index contributed by atoms with van der Waals surface area (Å²) in [7, 11) is 0. The first kappa shape index (κ1) is 20.8. The third kappa shape index (κ3) is 4.94. The molecule has 0 fully saturated rings. The second-order valence-corrected chi connectivity index (χ2v) is 6.91. The predicted molar refractivity (Wildman–Crippen MR) is 114 cm³/mol. The third-order valence-corrected chi connectivity index (χ3v) is 4.65. The highest BCUT2D eigenvalue weighted by atomic mass is 32.2. The Morgan fingerprint density at radius 2 is 2.14 bits per heavy atom. The van der Waals surface area contributed by atoms with Gasteiger partial charge in [-0.2, -0.15) is 5.10 Å². The van der Waals surface area contributed by atoms with Gasteiger partial charge in [0.25, 0.3) is 5.91 Å². The van der Waals surface area contributed by atoms with Gasteiger partial charge in [-0.1, -0.05) is 18.7 Å². The fourth-order valence-corrected chi connectivity index (χ4v) is 3.11. The van der Waals surface area contributed by atoms with Crippen LogP contribution in [0, 0.1) is 0 Å². The molecular weight excluding hydrogens is 390 g/mol. The van der Waals surface area contributed by atoms with Crippen LogP contribution in [-0.2, 0) is 6.54 Å². The van der Waals surface area contributed by atoms with Gasteiger partial charge in [0.1, 0.15) is 11.4 Å². The fourth-order valence-electron chi connectivity index (χ4n) is 2.75. The number of pyridine rings is 1. The van der Waals surface area contributed by atoms with Crippen molar-refractivity contribution < 1.29 is 9.53 Å². The largest absolute Gasteiger partial charge is 0.477 e. The van der Waals surface area contributed by atoms with Crippen molar-refractivity contribution >= 4 is 34.5 Å². The summed E-state index contributed by atoms with van der Waals surface area (Å²) in [4.78, 5) is 25.7. The number of aromatic nitrogens is 5. The summed E-state index contributed by atoms with van der Waals surface area (Å²) in [5, 5.41) is 12.2. The Hall–Kier alpha value is -2.88. The van der Waals surface area contributed by atoms with E-state index in [0.717, 1.165) is 29.8 Å². The Balaban J connectivity index is 1.72. The average Bonchev–Trinajstić information content (AvgIpc) is 3.15. The molecule has 0 unspecified atom stereocenters. The van der Waals surface area contributed by atoms with Crippen LogP contribution in [0.15, 0.2) is 29.7 Å². The van der Waals surface area contributed by atoms with E-state index in [1.54, 1.807) is 29.2 Å². The van der Waals surface area contributed by atoms with E-state index in [2.05, 4.69) is 37.6 Å². The first-order valence-corrected chi connectivity index (χ1v) is 10.8. The van der Waals surface area contributed by atoms with Crippen molar-refractivity contribution in [2.75, 3.05) is 31.3 Å². The Morgan fingerprint density at radius 3 is 2.90 bits per heavy atom. The molecule has 3 heterocycles. The van der Waals surface area contributed by atoms with Gasteiger partial charge in [0.2, 0.25) is 5.88 Å². The molecule has 10 heteroatoms. The Morgan fingerprint density at radius 1 is 1.28 bits per heavy atom. The van der Waals surface area contributed by atoms with Crippen molar-refractivity contribution in [1.82, 2.24) is 30.0 Å². The lowest BCUT2D eigenvalue weighted by molar-refractivity contribution is 0.0947. The van der Waals surface area contributed by atoms with E-state index in [-0.39, 0.29) is 5.91 Å². The number of fused-ring (bicyclic) bond motifs is 1. The number of amides is 1. The van der Waals surface area contributed by atoms with E-state index in [1.165, 1.54) is 11.8 Å². The first-order valence-electron chi connectivity index (χ1n) is 9.55. The van der Waals surface area contributed by atoms with Crippen LogP contribution < -0.4 is 15.4 Å². The van der Waals surface area contributed by atoms with Crippen LogP contribution in [0.25, 0.3) is 11.0 Å². The molecule has 0 radical (unpaired) electrons. The second-order valence-electron chi connectivity index (χ2n) is 6.14. The minimum absolute atomic E-state index is 0.234. The molecule has 9 nitrogen and oxygen atoms in total. The summed E-state index contributed by atoms with van der Waals surface area (Å²) >= 11 is 1.48. The van der Waals surface area contributed by atoms with E-state index >= 15 is 0 Å². The summed E-state index contributed by atoms with van der Waals surface area (Å²) in [6.45, 7) is 6.11. The Labute approximate surface area is 173 Å². The number of nitrogens with zero attached hydrogens (tertiary/aromatic N) is 5. The average molecular weight is 416 g/mol. The van der Waals surface area contributed by atoms with E-state index in [4.69, 9.17) is 4.74 Å². The molecule has 0 aromatic carbocycles. The maximum atomic E-state index is 12.5. The number of rotatable bonds is 10. The van der Waals surface area contributed by atoms with Crippen molar-refractivity contribution in [3.8, 4) is 5.88 Å².